The van der Waals surface area contributed by atoms with Gasteiger partial charge in [0.25, 0.3) is 5.76 Å². The molecule has 1 fully saturated rings. The van der Waals surface area contributed by atoms with Crippen LogP contribution >= 0.6 is 11.8 Å². The maximum Gasteiger partial charge on any atom is 0.284 e. The minimum atomic E-state index is -2.34. The first-order chi connectivity index (χ1) is 9.24. The molecule has 0 atom stereocenters. The van der Waals surface area contributed by atoms with Crippen molar-refractivity contribution >= 4 is 11.8 Å². The predicted octanol–water partition coefficient (Wildman–Crippen LogP) is 4.41. The number of halogens is 2. The van der Waals surface area contributed by atoms with Crippen LogP contribution in [0.5, 0.6) is 0 Å². The molecule has 1 saturated carbocycles. The first-order valence-electron chi connectivity index (χ1n) is 6.92. The Labute approximate surface area is 117 Å². The summed E-state index contributed by atoms with van der Waals surface area (Å²) in [6.07, 6.45) is 6.74. The molecule has 5 heteroatoms. The van der Waals surface area contributed by atoms with E-state index in [-0.39, 0.29) is 5.75 Å². The highest BCUT2D eigenvalue weighted by Gasteiger charge is 2.14. The molecule has 1 aliphatic carbocycles. The van der Waals surface area contributed by atoms with Gasteiger partial charge in [-0.2, -0.15) is 8.78 Å². The van der Waals surface area contributed by atoms with Crippen molar-refractivity contribution in [2.75, 3.05) is 6.54 Å². The van der Waals surface area contributed by atoms with Gasteiger partial charge in [0, 0.05) is 0 Å². The lowest BCUT2D eigenvalue weighted by Gasteiger charge is -2.08. The van der Waals surface area contributed by atoms with E-state index in [1.165, 1.54) is 32.1 Å². The van der Waals surface area contributed by atoms with Crippen molar-refractivity contribution in [2.24, 2.45) is 5.92 Å². The summed E-state index contributed by atoms with van der Waals surface area (Å²) in [4.78, 5) is 0. The van der Waals surface area contributed by atoms with E-state index < -0.39 is 5.76 Å². The standard InChI is InChI=1S/C14H21F2NOS/c15-14(16)19-10-13-6-5-12(18-13)9-17-8-7-11-3-1-2-4-11/h5-6,11,14,17H,1-4,7-10H2. The van der Waals surface area contributed by atoms with E-state index in [2.05, 4.69) is 5.32 Å². The molecule has 1 aromatic rings. The van der Waals surface area contributed by atoms with Gasteiger partial charge in [0.15, 0.2) is 0 Å². The molecule has 0 amide bonds. The van der Waals surface area contributed by atoms with E-state index >= 15 is 0 Å². The fourth-order valence-corrected chi connectivity index (χ4v) is 3.00. The van der Waals surface area contributed by atoms with Crippen molar-refractivity contribution in [3.05, 3.63) is 23.7 Å². The lowest BCUT2D eigenvalue weighted by Crippen LogP contribution is -2.16. The Morgan fingerprint density at radius 3 is 2.74 bits per heavy atom. The largest absolute Gasteiger partial charge is 0.464 e. The van der Waals surface area contributed by atoms with Crippen LogP contribution in [0.3, 0.4) is 0 Å². The van der Waals surface area contributed by atoms with Crippen LogP contribution < -0.4 is 5.32 Å². The van der Waals surface area contributed by atoms with Gasteiger partial charge in [-0.1, -0.05) is 37.4 Å². The molecule has 19 heavy (non-hydrogen) atoms. The monoisotopic (exact) mass is 289 g/mol. The van der Waals surface area contributed by atoms with Crippen molar-refractivity contribution in [2.45, 2.75) is 50.2 Å². The van der Waals surface area contributed by atoms with Gasteiger partial charge in [0.05, 0.1) is 12.3 Å². The summed E-state index contributed by atoms with van der Waals surface area (Å²) in [5, 5.41) is 3.36. The second-order valence-electron chi connectivity index (χ2n) is 5.06. The van der Waals surface area contributed by atoms with Gasteiger partial charge < -0.3 is 9.73 Å². The molecule has 0 saturated heterocycles. The average molecular weight is 289 g/mol. The van der Waals surface area contributed by atoms with E-state index in [9.17, 15) is 8.78 Å². The molecule has 1 aromatic heterocycles. The van der Waals surface area contributed by atoms with Gasteiger partial charge in [-0.05, 0) is 31.0 Å². The van der Waals surface area contributed by atoms with Crippen molar-refractivity contribution in [3.8, 4) is 0 Å². The summed E-state index contributed by atoms with van der Waals surface area (Å²) >= 11 is 0.595. The van der Waals surface area contributed by atoms with Gasteiger partial charge in [-0.15, -0.1) is 0 Å². The molecule has 0 unspecified atom stereocenters. The van der Waals surface area contributed by atoms with E-state index in [0.29, 0.717) is 24.1 Å². The fourth-order valence-electron chi connectivity index (χ4n) is 2.56. The topological polar surface area (TPSA) is 25.2 Å². The summed E-state index contributed by atoms with van der Waals surface area (Å²) < 4.78 is 29.6. The number of thioether (sulfide) groups is 1. The van der Waals surface area contributed by atoms with Crippen molar-refractivity contribution in [1.82, 2.24) is 5.32 Å². The van der Waals surface area contributed by atoms with E-state index in [0.717, 1.165) is 18.2 Å². The molecule has 1 heterocycles. The second-order valence-corrected chi connectivity index (χ2v) is 6.03. The van der Waals surface area contributed by atoms with Gasteiger partial charge in [0.2, 0.25) is 0 Å². The Hall–Kier alpha value is -0.550. The maximum atomic E-state index is 12.0. The third-order valence-corrected chi connectivity index (χ3v) is 4.28. The SMILES string of the molecule is FC(F)SCc1ccc(CNCCC2CCCC2)o1. The minimum absolute atomic E-state index is 0.236. The summed E-state index contributed by atoms with van der Waals surface area (Å²) in [5.74, 6) is 0.245. The highest BCUT2D eigenvalue weighted by atomic mass is 32.2. The lowest BCUT2D eigenvalue weighted by molar-refractivity contribution is 0.251. The summed E-state index contributed by atoms with van der Waals surface area (Å²) in [5.41, 5.74) is 0. The summed E-state index contributed by atoms with van der Waals surface area (Å²) in [6.45, 7) is 1.69. The van der Waals surface area contributed by atoms with Gasteiger partial charge in [-0.25, -0.2) is 0 Å². The highest BCUT2D eigenvalue weighted by Crippen LogP contribution is 2.27. The van der Waals surface area contributed by atoms with Crippen LogP contribution in [0.1, 0.15) is 43.6 Å². The van der Waals surface area contributed by atoms with Crippen molar-refractivity contribution in [1.29, 1.82) is 0 Å². The minimum Gasteiger partial charge on any atom is -0.464 e. The maximum absolute atomic E-state index is 12.0. The molecule has 2 nitrogen and oxygen atoms in total. The Morgan fingerprint density at radius 1 is 1.26 bits per heavy atom. The Kier molecular flexibility index (Phi) is 6.17. The Bertz CT molecular complexity index is 364. The zero-order valence-corrected chi connectivity index (χ0v) is 11.9. The molecule has 1 aliphatic rings. The molecule has 0 aliphatic heterocycles. The van der Waals surface area contributed by atoms with Gasteiger partial charge in [-0.3, -0.25) is 0 Å². The zero-order chi connectivity index (χ0) is 13.5. The summed E-state index contributed by atoms with van der Waals surface area (Å²) in [6, 6.07) is 3.65. The number of furan rings is 1. The molecule has 0 radical (unpaired) electrons. The van der Waals surface area contributed by atoms with Crippen LogP contribution in [-0.2, 0) is 12.3 Å². The molecule has 1 N–H and O–H groups in total. The number of rotatable bonds is 8. The van der Waals surface area contributed by atoms with Crippen LogP contribution in [0.4, 0.5) is 8.78 Å². The van der Waals surface area contributed by atoms with E-state index in [4.69, 9.17) is 4.42 Å². The first-order valence-corrected chi connectivity index (χ1v) is 7.97. The third kappa shape index (κ3) is 5.53. The molecule has 0 bridgehead atoms. The Morgan fingerprint density at radius 2 is 2.00 bits per heavy atom. The fraction of sp³-hybridized carbons (Fsp3) is 0.714. The smallest absolute Gasteiger partial charge is 0.284 e. The number of hydrogen-bond donors (Lipinski definition) is 1. The number of hydrogen-bond acceptors (Lipinski definition) is 3. The van der Waals surface area contributed by atoms with Gasteiger partial charge in [0.1, 0.15) is 11.5 Å². The number of alkyl halides is 2. The molecular weight excluding hydrogens is 268 g/mol. The third-order valence-electron chi connectivity index (χ3n) is 3.57. The predicted molar refractivity (Wildman–Crippen MR) is 74.3 cm³/mol. The Balaban J connectivity index is 1.60. The summed E-state index contributed by atoms with van der Waals surface area (Å²) in [7, 11) is 0. The van der Waals surface area contributed by atoms with Crippen molar-refractivity contribution in [3.63, 3.8) is 0 Å². The average Bonchev–Trinajstić information content (AvgIpc) is 3.04. The molecule has 0 aromatic carbocycles. The van der Waals surface area contributed by atoms with Crippen LogP contribution in [0.15, 0.2) is 16.5 Å². The second kappa shape index (κ2) is 7.90. The molecular formula is C14H21F2NOS. The van der Waals surface area contributed by atoms with Crippen LogP contribution in [0.25, 0.3) is 0 Å². The van der Waals surface area contributed by atoms with Crippen LogP contribution in [0.2, 0.25) is 0 Å². The normalized spacial score (nSPS) is 16.6. The molecule has 2 rings (SSSR count). The lowest BCUT2D eigenvalue weighted by atomic mass is 10.0. The molecule has 108 valence electrons. The first kappa shape index (κ1) is 14.9. The number of nitrogens with one attached hydrogen (secondary N) is 1. The quantitative estimate of drug-likeness (QED) is 0.718. The van der Waals surface area contributed by atoms with Crippen LogP contribution in [-0.4, -0.2) is 12.3 Å². The zero-order valence-electron chi connectivity index (χ0n) is 11.0. The van der Waals surface area contributed by atoms with Gasteiger partial charge >= 0.3 is 0 Å². The highest BCUT2D eigenvalue weighted by molar-refractivity contribution is 7.98. The molecule has 0 spiro atoms. The van der Waals surface area contributed by atoms with Crippen LogP contribution in [0, 0.1) is 5.92 Å². The van der Waals surface area contributed by atoms with E-state index in [1.54, 1.807) is 6.07 Å². The van der Waals surface area contributed by atoms with Crippen molar-refractivity contribution < 1.29 is 13.2 Å². The van der Waals surface area contributed by atoms with E-state index in [1.807, 2.05) is 6.07 Å².